The third kappa shape index (κ3) is 4.46. The lowest BCUT2D eigenvalue weighted by atomic mass is 10.0. The largest absolute Gasteiger partial charge is 0.409 e. The van der Waals surface area contributed by atoms with Crippen LogP contribution < -0.4 is 11.1 Å². The van der Waals surface area contributed by atoms with Crippen LogP contribution in [0.25, 0.3) is 0 Å². The Labute approximate surface area is 106 Å². The number of hydrogen-bond donors (Lipinski definition) is 3. The highest BCUT2D eigenvalue weighted by Gasteiger charge is 2.25. The fourth-order valence-corrected chi connectivity index (χ4v) is 3.00. The molecule has 1 amide bonds. The van der Waals surface area contributed by atoms with Gasteiger partial charge >= 0.3 is 0 Å². The van der Waals surface area contributed by atoms with Gasteiger partial charge in [-0.25, -0.2) is 0 Å². The van der Waals surface area contributed by atoms with Crippen LogP contribution in [0.2, 0.25) is 0 Å². The van der Waals surface area contributed by atoms with Crippen molar-refractivity contribution >= 4 is 23.5 Å². The maximum Gasteiger partial charge on any atom is 0.231 e. The van der Waals surface area contributed by atoms with Crippen molar-refractivity contribution in [2.24, 2.45) is 16.8 Å². The second-order valence-electron chi connectivity index (χ2n) is 4.29. The molecular formula is C11H21N3O2S. The minimum atomic E-state index is -0.503. The molecule has 1 aliphatic heterocycles. The molecule has 0 aromatic heterocycles. The first kappa shape index (κ1) is 14.2. The van der Waals surface area contributed by atoms with Gasteiger partial charge in [0.25, 0.3) is 0 Å². The first-order chi connectivity index (χ1) is 8.19. The highest BCUT2D eigenvalue weighted by atomic mass is 32.2. The third-order valence-corrected chi connectivity index (χ3v) is 4.09. The van der Waals surface area contributed by atoms with Crippen molar-refractivity contribution in [1.29, 1.82) is 0 Å². The number of carbonyl (C=O) groups is 1. The van der Waals surface area contributed by atoms with Gasteiger partial charge in [-0.2, -0.15) is 11.8 Å². The number of oxime groups is 1. The number of amides is 1. The van der Waals surface area contributed by atoms with Crippen LogP contribution in [0.1, 0.15) is 32.6 Å². The maximum atomic E-state index is 12.0. The fourth-order valence-electron chi connectivity index (χ4n) is 1.93. The average molecular weight is 259 g/mol. The number of amidine groups is 1. The van der Waals surface area contributed by atoms with E-state index in [9.17, 15) is 4.79 Å². The molecule has 1 aliphatic rings. The van der Waals surface area contributed by atoms with Crippen molar-refractivity contribution in [3.05, 3.63) is 0 Å². The van der Waals surface area contributed by atoms with Gasteiger partial charge < -0.3 is 16.3 Å². The molecule has 0 aliphatic carbocycles. The molecule has 4 N–H and O–H groups in total. The molecule has 98 valence electrons. The molecule has 0 spiro atoms. The van der Waals surface area contributed by atoms with E-state index in [-0.39, 0.29) is 17.8 Å². The van der Waals surface area contributed by atoms with E-state index in [1.807, 2.05) is 18.7 Å². The summed E-state index contributed by atoms with van der Waals surface area (Å²) in [5.74, 6) is 1.52. The summed E-state index contributed by atoms with van der Waals surface area (Å²) in [4.78, 5) is 12.0. The minimum absolute atomic E-state index is 0.00723. The van der Waals surface area contributed by atoms with Gasteiger partial charge in [0.1, 0.15) is 0 Å². The van der Waals surface area contributed by atoms with E-state index >= 15 is 0 Å². The Bertz CT molecular complexity index is 278. The fraction of sp³-hybridized carbons (Fsp3) is 0.818. The van der Waals surface area contributed by atoms with Crippen LogP contribution in [0.15, 0.2) is 5.16 Å². The molecule has 0 aromatic rings. The minimum Gasteiger partial charge on any atom is -0.409 e. The number of rotatable bonds is 5. The lowest BCUT2D eigenvalue weighted by molar-refractivity contribution is -0.123. The van der Waals surface area contributed by atoms with Gasteiger partial charge in [0, 0.05) is 11.8 Å². The Hall–Kier alpha value is -0.910. The van der Waals surface area contributed by atoms with Crippen LogP contribution >= 0.6 is 11.8 Å². The second kappa shape index (κ2) is 7.42. The number of nitrogens with two attached hydrogens (primary N) is 1. The molecule has 1 fully saturated rings. The van der Waals surface area contributed by atoms with E-state index in [1.54, 1.807) is 0 Å². The highest BCUT2D eigenvalue weighted by Crippen LogP contribution is 2.18. The summed E-state index contributed by atoms with van der Waals surface area (Å²) in [6.45, 7) is 1.97. The Kier molecular flexibility index (Phi) is 6.18. The van der Waals surface area contributed by atoms with Crippen LogP contribution in [0.3, 0.4) is 0 Å². The van der Waals surface area contributed by atoms with Gasteiger partial charge in [-0.3, -0.25) is 4.79 Å². The number of hydrogen-bond acceptors (Lipinski definition) is 4. The number of nitrogens with zero attached hydrogens (tertiary/aromatic N) is 1. The average Bonchev–Trinajstić information content (AvgIpc) is 2.36. The number of thioether (sulfide) groups is 1. The molecule has 5 nitrogen and oxygen atoms in total. The van der Waals surface area contributed by atoms with Crippen molar-refractivity contribution in [2.75, 3.05) is 11.5 Å². The van der Waals surface area contributed by atoms with Crippen molar-refractivity contribution in [3.63, 3.8) is 0 Å². The molecule has 0 bridgehead atoms. The zero-order valence-corrected chi connectivity index (χ0v) is 11.0. The van der Waals surface area contributed by atoms with Crippen LogP contribution in [-0.2, 0) is 4.79 Å². The Morgan fingerprint density at radius 1 is 1.71 bits per heavy atom. The maximum absolute atomic E-state index is 12.0. The molecule has 1 saturated heterocycles. The molecule has 6 heteroatoms. The molecule has 17 heavy (non-hydrogen) atoms. The number of nitrogens with one attached hydrogen (secondary N) is 1. The van der Waals surface area contributed by atoms with Crippen molar-refractivity contribution < 1.29 is 10.0 Å². The van der Waals surface area contributed by atoms with E-state index in [0.29, 0.717) is 6.42 Å². The summed E-state index contributed by atoms with van der Waals surface area (Å²) in [6, 6.07) is 0.229. The predicted molar refractivity (Wildman–Crippen MR) is 70.3 cm³/mol. The molecule has 0 aromatic carbocycles. The van der Waals surface area contributed by atoms with Gasteiger partial charge in [0.05, 0.1) is 5.92 Å². The molecule has 1 heterocycles. The van der Waals surface area contributed by atoms with Gasteiger partial charge in [-0.15, -0.1) is 0 Å². The molecule has 0 saturated carbocycles. The Balaban J connectivity index is 2.52. The summed E-state index contributed by atoms with van der Waals surface area (Å²) in [6.07, 6.45) is 3.60. The lowest BCUT2D eigenvalue weighted by Crippen LogP contribution is -2.45. The normalized spacial score (nSPS) is 23.1. The van der Waals surface area contributed by atoms with E-state index in [0.717, 1.165) is 25.0 Å². The first-order valence-corrected chi connectivity index (χ1v) is 7.20. The second-order valence-corrected chi connectivity index (χ2v) is 5.44. The van der Waals surface area contributed by atoms with Gasteiger partial charge in [-0.1, -0.05) is 18.5 Å². The zero-order chi connectivity index (χ0) is 12.7. The van der Waals surface area contributed by atoms with Crippen molar-refractivity contribution in [1.82, 2.24) is 5.32 Å². The Morgan fingerprint density at radius 2 is 2.47 bits per heavy atom. The molecule has 0 radical (unpaired) electrons. The van der Waals surface area contributed by atoms with E-state index in [1.165, 1.54) is 5.75 Å². The van der Waals surface area contributed by atoms with Crippen LogP contribution in [0, 0.1) is 5.92 Å². The Morgan fingerprint density at radius 3 is 3.00 bits per heavy atom. The molecular weight excluding hydrogens is 238 g/mol. The van der Waals surface area contributed by atoms with E-state index in [2.05, 4.69) is 10.5 Å². The van der Waals surface area contributed by atoms with Crippen molar-refractivity contribution in [2.45, 2.75) is 38.6 Å². The summed E-state index contributed by atoms with van der Waals surface area (Å²) < 4.78 is 0. The summed E-state index contributed by atoms with van der Waals surface area (Å²) in [7, 11) is 0. The van der Waals surface area contributed by atoms with E-state index < -0.39 is 5.92 Å². The zero-order valence-electron chi connectivity index (χ0n) is 10.2. The standard InChI is InChI=1S/C11H21N3O2S/c1-2-4-9(10(12)14-16)11(15)13-8-5-3-6-17-7-8/h8-9,16H,2-7H2,1H3,(H2,12,14)(H,13,15). The van der Waals surface area contributed by atoms with Gasteiger partial charge in [0.15, 0.2) is 5.84 Å². The van der Waals surface area contributed by atoms with Crippen LogP contribution in [0.5, 0.6) is 0 Å². The summed E-state index contributed by atoms with van der Waals surface area (Å²) >= 11 is 1.86. The third-order valence-electron chi connectivity index (χ3n) is 2.87. The predicted octanol–water partition coefficient (Wildman–Crippen LogP) is 1.16. The van der Waals surface area contributed by atoms with Crippen molar-refractivity contribution in [3.8, 4) is 0 Å². The van der Waals surface area contributed by atoms with Gasteiger partial charge in [0.2, 0.25) is 5.91 Å². The molecule has 2 atom stereocenters. The monoisotopic (exact) mass is 259 g/mol. The summed E-state index contributed by atoms with van der Waals surface area (Å²) in [5, 5.41) is 14.6. The topological polar surface area (TPSA) is 87.7 Å². The number of carbonyl (C=O) groups excluding carboxylic acids is 1. The quantitative estimate of drug-likeness (QED) is 0.299. The highest BCUT2D eigenvalue weighted by molar-refractivity contribution is 7.99. The van der Waals surface area contributed by atoms with Crippen LogP contribution in [-0.4, -0.2) is 34.5 Å². The van der Waals surface area contributed by atoms with Gasteiger partial charge in [-0.05, 0) is 25.0 Å². The first-order valence-electron chi connectivity index (χ1n) is 6.04. The molecule has 1 rings (SSSR count). The summed E-state index contributed by atoms with van der Waals surface area (Å²) in [5.41, 5.74) is 5.54. The smallest absolute Gasteiger partial charge is 0.231 e. The van der Waals surface area contributed by atoms with Crippen LogP contribution in [0.4, 0.5) is 0 Å². The molecule has 2 unspecified atom stereocenters. The lowest BCUT2D eigenvalue weighted by Gasteiger charge is -2.24. The SMILES string of the molecule is CCCC(C(=O)NC1CCCSC1)C(N)=NO. The van der Waals surface area contributed by atoms with E-state index in [4.69, 9.17) is 10.9 Å².